The van der Waals surface area contributed by atoms with Crippen molar-refractivity contribution in [3.8, 4) is 0 Å². The van der Waals surface area contributed by atoms with E-state index in [2.05, 4.69) is 5.32 Å². The fraction of sp³-hybridized carbons (Fsp3) is 0.727. The first-order chi connectivity index (χ1) is 8.20. The molecule has 0 bridgehead atoms. The van der Waals surface area contributed by atoms with Gasteiger partial charge in [0.15, 0.2) is 0 Å². The fourth-order valence-electron chi connectivity index (χ4n) is 1.16. The number of carboxylic acid groups (broad SMARTS) is 2. The molecule has 7 heteroatoms. The van der Waals surface area contributed by atoms with Crippen LogP contribution in [0.15, 0.2) is 0 Å². The fourth-order valence-corrected chi connectivity index (χ4v) is 1.16. The van der Waals surface area contributed by atoms with Gasteiger partial charge in [-0.15, -0.1) is 0 Å². The number of nitrogens with one attached hydrogen (secondary N) is 1. The van der Waals surface area contributed by atoms with E-state index in [9.17, 15) is 14.4 Å². The molecule has 0 unspecified atom stereocenters. The summed E-state index contributed by atoms with van der Waals surface area (Å²) >= 11 is 0. The van der Waals surface area contributed by atoms with Crippen molar-refractivity contribution in [1.82, 2.24) is 5.32 Å². The predicted octanol–water partition coefficient (Wildman–Crippen LogP) is -0.204. The number of rotatable bonds is 8. The van der Waals surface area contributed by atoms with Crippen molar-refractivity contribution in [2.45, 2.75) is 39.2 Å². The van der Waals surface area contributed by atoms with Gasteiger partial charge in [-0.05, 0) is 26.7 Å². The van der Waals surface area contributed by atoms with Crippen molar-refractivity contribution in [2.75, 3.05) is 6.54 Å². The van der Waals surface area contributed by atoms with Gasteiger partial charge in [-0.2, -0.15) is 0 Å². The third-order valence-electron chi connectivity index (χ3n) is 2.61. The molecule has 18 heavy (non-hydrogen) atoms. The molecule has 0 radical (unpaired) electrons. The second-order valence-corrected chi connectivity index (χ2v) is 4.74. The van der Waals surface area contributed by atoms with Crippen LogP contribution < -0.4 is 11.1 Å². The van der Waals surface area contributed by atoms with Crippen LogP contribution in [0.1, 0.15) is 33.1 Å². The number of aliphatic carboxylic acids is 2. The van der Waals surface area contributed by atoms with E-state index < -0.39 is 29.3 Å². The third-order valence-corrected chi connectivity index (χ3v) is 2.61. The maximum atomic E-state index is 11.7. The van der Waals surface area contributed by atoms with Gasteiger partial charge in [0.1, 0.15) is 6.04 Å². The number of carbonyl (C=O) groups is 3. The van der Waals surface area contributed by atoms with Crippen LogP contribution >= 0.6 is 0 Å². The van der Waals surface area contributed by atoms with Crippen LogP contribution in [-0.4, -0.2) is 40.6 Å². The standard InChI is InChI=1S/C11H20N2O5/c1-11(2,6-12)10(18)13-7(9(16)17)4-3-5-8(14)15/h7H,3-6,12H2,1-2H3,(H,13,18)(H,14,15)(H,16,17)/t7-/m1/s1. The Balaban J connectivity index is 4.41. The molecule has 1 amide bonds. The Morgan fingerprint density at radius 3 is 2.22 bits per heavy atom. The summed E-state index contributed by atoms with van der Waals surface area (Å²) in [6, 6.07) is -1.08. The number of hydrogen-bond donors (Lipinski definition) is 4. The summed E-state index contributed by atoms with van der Waals surface area (Å²) in [4.78, 5) is 33.0. The van der Waals surface area contributed by atoms with E-state index >= 15 is 0 Å². The Morgan fingerprint density at radius 1 is 1.28 bits per heavy atom. The highest BCUT2D eigenvalue weighted by Crippen LogP contribution is 2.13. The van der Waals surface area contributed by atoms with E-state index in [1.165, 1.54) is 0 Å². The molecule has 0 aromatic carbocycles. The topological polar surface area (TPSA) is 130 Å². The van der Waals surface area contributed by atoms with Crippen LogP contribution in [-0.2, 0) is 14.4 Å². The summed E-state index contributed by atoms with van der Waals surface area (Å²) < 4.78 is 0. The molecule has 0 saturated carbocycles. The first-order valence-electron chi connectivity index (χ1n) is 5.66. The minimum absolute atomic E-state index is 0.0774. The van der Waals surface area contributed by atoms with Crippen LogP contribution in [0, 0.1) is 5.41 Å². The molecule has 0 saturated heterocycles. The number of nitrogens with two attached hydrogens (primary N) is 1. The van der Waals surface area contributed by atoms with Crippen molar-refractivity contribution >= 4 is 17.8 Å². The van der Waals surface area contributed by atoms with Crippen LogP contribution in [0.5, 0.6) is 0 Å². The molecule has 0 rings (SSSR count). The van der Waals surface area contributed by atoms with Crippen molar-refractivity contribution in [1.29, 1.82) is 0 Å². The SMILES string of the molecule is CC(C)(CN)C(=O)N[C@H](CCCC(=O)O)C(=O)O. The van der Waals surface area contributed by atoms with Crippen LogP contribution in [0.2, 0.25) is 0 Å². The Morgan fingerprint density at radius 2 is 1.83 bits per heavy atom. The first-order valence-corrected chi connectivity index (χ1v) is 5.66. The van der Waals surface area contributed by atoms with Gasteiger partial charge in [0, 0.05) is 13.0 Å². The summed E-state index contributed by atoms with van der Waals surface area (Å²) in [6.07, 6.45) is 0.142. The molecule has 1 atom stereocenters. The lowest BCUT2D eigenvalue weighted by atomic mass is 9.92. The Hall–Kier alpha value is -1.63. The van der Waals surface area contributed by atoms with Crippen LogP contribution in [0.4, 0.5) is 0 Å². The highest BCUT2D eigenvalue weighted by Gasteiger charge is 2.29. The minimum Gasteiger partial charge on any atom is -0.481 e. The molecule has 0 aromatic rings. The van der Waals surface area contributed by atoms with E-state index in [1.54, 1.807) is 13.8 Å². The Labute approximate surface area is 105 Å². The molecule has 0 spiro atoms. The van der Waals surface area contributed by atoms with Gasteiger partial charge < -0.3 is 21.3 Å². The number of hydrogen-bond acceptors (Lipinski definition) is 4. The molecule has 0 aromatic heterocycles. The summed E-state index contributed by atoms with van der Waals surface area (Å²) in [5.74, 6) is -2.62. The summed E-state index contributed by atoms with van der Waals surface area (Å²) in [5.41, 5.74) is 4.57. The van der Waals surface area contributed by atoms with Gasteiger partial charge in [0.2, 0.25) is 5.91 Å². The van der Waals surface area contributed by atoms with Crippen molar-refractivity contribution < 1.29 is 24.6 Å². The molecule has 0 aliphatic rings. The van der Waals surface area contributed by atoms with Crippen molar-refractivity contribution in [3.05, 3.63) is 0 Å². The lowest BCUT2D eigenvalue weighted by Crippen LogP contribution is -2.49. The van der Waals surface area contributed by atoms with Gasteiger partial charge in [-0.1, -0.05) is 0 Å². The van der Waals surface area contributed by atoms with Crippen LogP contribution in [0.25, 0.3) is 0 Å². The summed E-state index contributed by atoms with van der Waals surface area (Å²) in [6.45, 7) is 3.32. The number of carbonyl (C=O) groups excluding carboxylic acids is 1. The highest BCUT2D eigenvalue weighted by atomic mass is 16.4. The summed E-state index contributed by atoms with van der Waals surface area (Å²) in [5, 5.41) is 19.8. The normalized spacial score (nSPS) is 12.8. The zero-order chi connectivity index (χ0) is 14.3. The van der Waals surface area contributed by atoms with E-state index in [0.717, 1.165) is 0 Å². The molecule has 7 nitrogen and oxygen atoms in total. The van der Waals surface area contributed by atoms with Crippen molar-refractivity contribution in [2.24, 2.45) is 11.1 Å². The average molecular weight is 260 g/mol. The van der Waals surface area contributed by atoms with Crippen LogP contribution in [0.3, 0.4) is 0 Å². The van der Waals surface area contributed by atoms with E-state index in [4.69, 9.17) is 15.9 Å². The lowest BCUT2D eigenvalue weighted by Gasteiger charge is -2.24. The lowest BCUT2D eigenvalue weighted by molar-refractivity contribution is -0.144. The predicted molar refractivity (Wildman–Crippen MR) is 63.9 cm³/mol. The molecule has 0 aliphatic heterocycles. The molecule has 0 fully saturated rings. The van der Waals surface area contributed by atoms with Gasteiger partial charge in [0.25, 0.3) is 0 Å². The quantitative estimate of drug-likeness (QED) is 0.478. The first kappa shape index (κ1) is 16.4. The zero-order valence-electron chi connectivity index (χ0n) is 10.6. The monoisotopic (exact) mass is 260 g/mol. The highest BCUT2D eigenvalue weighted by molar-refractivity contribution is 5.87. The van der Waals surface area contributed by atoms with E-state index in [0.29, 0.717) is 0 Å². The van der Waals surface area contributed by atoms with Gasteiger partial charge in [0.05, 0.1) is 5.41 Å². The van der Waals surface area contributed by atoms with Crippen molar-refractivity contribution in [3.63, 3.8) is 0 Å². The van der Waals surface area contributed by atoms with Gasteiger partial charge >= 0.3 is 11.9 Å². The molecule has 0 aliphatic carbocycles. The minimum atomic E-state index is -1.18. The number of carboxylic acids is 2. The second kappa shape index (κ2) is 6.95. The average Bonchev–Trinajstić information content (AvgIpc) is 2.26. The van der Waals surface area contributed by atoms with Gasteiger partial charge in [-0.25, -0.2) is 4.79 Å². The molecule has 0 heterocycles. The zero-order valence-corrected chi connectivity index (χ0v) is 10.6. The summed E-state index contributed by atoms with van der Waals surface area (Å²) in [7, 11) is 0. The third kappa shape index (κ3) is 5.62. The molecular weight excluding hydrogens is 240 g/mol. The Bertz CT molecular complexity index is 327. The van der Waals surface area contributed by atoms with Gasteiger partial charge in [-0.3, -0.25) is 9.59 Å². The smallest absolute Gasteiger partial charge is 0.326 e. The maximum Gasteiger partial charge on any atom is 0.326 e. The molecule has 104 valence electrons. The number of amides is 1. The largest absolute Gasteiger partial charge is 0.481 e. The molecule has 5 N–H and O–H groups in total. The van der Waals surface area contributed by atoms with E-state index in [1.807, 2.05) is 0 Å². The second-order valence-electron chi connectivity index (χ2n) is 4.74. The van der Waals surface area contributed by atoms with E-state index in [-0.39, 0.29) is 25.8 Å². The molecular formula is C11H20N2O5. The maximum absolute atomic E-state index is 11.7. The Kier molecular flexibility index (Phi) is 6.32.